The summed E-state index contributed by atoms with van der Waals surface area (Å²) >= 11 is 1.46. The molecule has 118 valence electrons. The highest BCUT2D eigenvalue weighted by atomic mass is 32.1. The van der Waals surface area contributed by atoms with Gasteiger partial charge >= 0.3 is 0 Å². The van der Waals surface area contributed by atoms with Crippen LogP contribution in [0.1, 0.15) is 45.3 Å². The van der Waals surface area contributed by atoms with Crippen LogP contribution >= 0.6 is 11.3 Å². The predicted octanol–water partition coefficient (Wildman–Crippen LogP) is 4.39. The van der Waals surface area contributed by atoms with E-state index in [-0.39, 0.29) is 5.91 Å². The van der Waals surface area contributed by atoms with Crippen LogP contribution in [0.5, 0.6) is 5.75 Å². The molecule has 0 aliphatic carbocycles. The number of carbonyl (C=O) groups excluding carboxylic acids is 1. The minimum Gasteiger partial charge on any atom is -0.489 e. The van der Waals surface area contributed by atoms with E-state index in [4.69, 9.17) is 4.74 Å². The lowest BCUT2D eigenvalue weighted by Crippen LogP contribution is -2.22. The predicted molar refractivity (Wildman–Crippen MR) is 91.9 cm³/mol. The Morgan fingerprint density at radius 2 is 2.00 bits per heavy atom. The van der Waals surface area contributed by atoms with Gasteiger partial charge in [0.05, 0.1) is 4.88 Å². The van der Waals surface area contributed by atoms with Crippen LogP contribution in [-0.2, 0) is 6.61 Å². The molecule has 1 amide bonds. The third-order valence-electron chi connectivity index (χ3n) is 3.57. The summed E-state index contributed by atoms with van der Waals surface area (Å²) < 4.78 is 5.93. The van der Waals surface area contributed by atoms with Gasteiger partial charge in [-0.25, -0.2) is 0 Å². The summed E-state index contributed by atoms with van der Waals surface area (Å²) in [6, 6.07) is 6.13. The Bertz CT molecular complexity index is 661. The van der Waals surface area contributed by atoms with E-state index in [2.05, 4.69) is 38.2 Å². The van der Waals surface area contributed by atoms with E-state index >= 15 is 0 Å². The van der Waals surface area contributed by atoms with Gasteiger partial charge in [0.2, 0.25) is 0 Å². The molecule has 2 aromatic rings. The summed E-state index contributed by atoms with van der Waals surface area (Å²) in [5.41, 5.74) is 4.63. The Hall–Kier alpha value is -1.81. The molecule has 1 aromatic carbocycles. The van der Waals surface area contributed by atoms with Crippen molar-refractivity contribution in [2.45, 2.75) is 40.7 Å². The molecule has 0 radical (unpaired) electrons. The van der Waals surface area contributed by atoms with E-state index in [0.717, 1.165) is 22.6 Å². The summed E-state index contributed by atoms with van der Waals surface area (Å²) in [5, 5.41) is 4.88. The Kier molecular flexibility index (Phi) is 5.61. The minimum absolute atomic E-state index is 0.000630. The molecule has 3 nitrogen and oxygen atoms in total. The molecular weight excluding hydrogens is 294 g/mol. The lowest BCUT2D eigenvalue weighted by molar-refractivity contribution is 0.0957. The van der Waals surface area contributed by atoms with Gasteiger partial charge in [0.1, 0.15) is 12.4 Å². The fourth-order valence-corrected chi connectivity index (χ4v) is 3.02. The van der Waals surface area contributed by atoms with Gasteiger partial charge in [-0.3, -0.25) is 4.79 Å². The van der Waals surface area contributed by atoms with E-state index in [1.54, 1.807) is 0 Å². The van der Waals surface area contributed by atoms with Crippen LogP contribution in [0.2, 0.25) is 0 Å². The molecule has 0 saturated heterocycles. The van der Waals surface area contributed by atoms with Crippen molar-refractivity contribution < 1.29 is 9.53 Å². The maximum atomic E-state index is 11.9. The van der Waals surface area contributed by atoms with Gasteiger partial charge in [0.25, 0.3) is 5.91 Å². The van der Waals surface area contributed by atoms with Crippen LogP contribution in [0.25, 0.3) is 0 Å². The maximum absolute atomic E-state index is 11.9. The third-order valence-corrected chi connectivity index (χ3v) is 4.55. The second kappa shape index (κ2) is 7.45. The quantitative estimate of drug-likeness (QED) is 0.858. The number of ether oxygens (including phenoxy) is 1. The highest BCUT2D eigenvalue weighted by Crippen LogP contribution is 2.25. The van der Waals surface area contributed by atoms with Crippen molar-refractivity contribution in [1.82, 2.24) is 5.32 Å². The molecular formula is C18H23NO2S. The summed E-state index contributed by atoms with van der Waals surface area (Å²) in [6.45, 7) is 9.48. The van der Waals surface area contributed by atoms with Crippen molar-refractivity contribution in [3.8, 4) is 5.75 Å². The highest BCUT2D eigenvalue weighted by molar-refractivity contribution is 7.12. The van der Waals surface area contributed by atoms with Crippen LogP contribution in [0, 0.1) is 20.8 Å². The number of rotatable bonds is 6. The van der Waals surface area contributed by atoms with Crippen LogP contribution in [0.3, 0.4) is 0 Å². The molecule has 2 rings (SSSR count). The molecule has 1 heterocycles. The van der Waals surface area contributed by atoms with Crippen molar-refractivity contribution in [3.05, 3.63) is 50.7 Å². The Morgan fingerprint density at radius 1 is 1.23 bits per heavy atom. The van der Waals surface area contributed by atoms with Gasteiger partial charge in [0, 0.05) is 12.1 Å². The number of thiophene rings is 1. The first-order chi connectivity index (χ1) is 10.5. The first-order valence-corrected chi connectivity index (χ1v) is 8.45. The first-order valence-electron chi connectivity index (χ1n) is 7.57. The fraction of sp³-hybridized carbons (Fsp3) is 0.389. The van der Waals surface area contributed by atoms with E-state index in [0.29, 0.717) is 13.2 Å². The number of aryl methyl sites for hydroxylation is 2. The molecule has 22 heavy (non-hydrogen) atoms. The second-order valence-electron chi connectivity index (χ2n) is 5.57. The largest absolute Gasteiger partial charge is 0.489 e. The number of hydrogen-bond donors (Lipinski definition) is 1. The first kappa shape index (κ1) is 16.6. The molecule has 1 aromatic heterocycles. The van der Waals surface area contributed by atoms with Crippen molar-refractivity contribution in [2.75, 3.05) is 6.54 Å². The zero-order chi connectivity index (χ0) is 16.1. The highest BCUT2D eigenvalue weighted by Gasteiger charge is 2.10. The van der Waals surface area contributed by atoms with Crippen molar-refractivity contribution in [3.63, 3.8) is 0 Å². The van der Waals surface area contributed by atoms with Gasteiger partial charge in [0.15, 0.2) is 0 Å². The minimum atomic E-state index is 0.000630. The average Bonchev–Trinajstić information content (AvgIpc) is 2.96. The maximum Gasteiger partial charge on any atom is 0.261 e. The van der Waals surface area contributed by atoms with E-state index in [1.165, 1.54) is 28.0 Å². The lowest BCUT2D eigenvalue weighted by Gasteiger charge is -2.11. The zero-order valence-corrected chi connectivity index (χ0v) is 14.5. The van der Waals surface area contributed by atoms with Crippen molar-refractivity contribution in [2.24, 2.45) is 0 Å². The van der Waals surface area contributed by atoms with Crippen molar-refractivity contribution >= 4 is 17.2 Å². The molecule has 0 bridgehead atoms. The number of carbonyl (C=O) groups is 1. The van der Waals surface area contributed by atoms with Gasteiger partial charge in [-0.05, 0) is 61.4 Å². The number of amides is 1. The molecule has 0 fully saturated rings. The average molecular weight is 317 g/mol. The smallest absolute Gasteiger partial charge is 0.261 e. The van der Waals surface area contributed by atoms with Gasteiger partial charge < -0.3 is 10.1 Å². The monoisotopic (exact) mass is 317 g/mol. The molecule has 0 saturated carbocycles. The standard InChI is InChI=1S/C18H23NO2S/c1-5-6-19-18(20)17-9-15(11-22-17)10-21-16-8-12(2)7-13(3)14(16)4/h7-9,11H,5-6,10H2,1-4H3,(H,19,20). The molecule has 0 atom stereocenters. The number of hydrogen-bond acceptors (Lipinski definition) is 3. The summed E-state index contributed by atoms with van der Waals surface area (Å²) in [4.78, 5) is 12.6. The molecule has 0 spiro atoms. The molecule has 0 aliphatic heterocycles. The Labute approximate surface area is 136 Å². The van der Waals surface area contributed by atoms with E-state index < -0.39 is 0 Å². The fourth-order valence-electron chi connectivity index (χ4n) is 2.21. The summed E-state index contributed by atoms with van der Waals surface area (Å²) in [7, 11) is 0. The molecule has 0 unspecified atom stereocenters. The molecule has 4 heteroatoms. The van der Waals surface area contributed by atoms with Gasteiger partial charge in [-0.1, -0.05) is 13.0 Å². The SMILES string of the molecule is CCCNC(=O)c1cc(COc2cc(C)cc(C)c2C)cs1. The van der Waals surface area contributed by atoms with Crippen LogP contribution < -0.4 is 10.1 Å². The summed E-state index contributed by atoms with van der Waals surface area (Å²) in [6.07, 6.45) is 0.944. The number of benzene rings is 1. The third kappa shape index (κ3) is 4.10. The van der Waals surface area contributed by atoms with Gasteiger partial charge in [-0.15, -0.1) is 11.3 Å². The zero-order valence-electron chi connectivity index (χ0n) is 13.7. The lowest BCUT2D eigenvalue weighted by atomic mass is 10.1. The second-order valence-corrected chi connectivity index (χ2v) is 6.48. The van der Waals surface area contributed by atoms with E-state index in [1.807, 2.05) is 18.4 Å². The van der Waals surface area contributed by atoms with Gasteiger partial charge in [-0.2, -0.15) is 0 Å². The normalized spacial score (nSPS) is 10.5. The van der Waals surface area contributed by atoms with Crippen LogP contribution in [0.4, 0.5) is 0 Å². The number of nitrogens with one attached hydrogen (secondary N) is 1. The summed E-state index contributed by atoms with van der Waals surface area (Å²) in [5.74, 6) is 0.918. The van der Waals surface area contributed by atoms with Crippen LogP contribution in [-0.4, -0.2) is 12.5 Å². The van der Waals surface area contributed by atoms with Crippen LogP contribution in [0.15, 0.2) is 23.6 Å². The Morgan fingerprint density at radius 3 is 2.73 bits per heavy atom. The molecule has 0 aliphatic rings. The van der Waals surface area contributed by atoms with Crippen molar-refractivity contribution in [1.29, 1.82) is 0 Å². The Balaban J connectivity index is 2.01. The topological polar surface area (TPSA) is 38.3 Å². The van der Waals surface area contributed by atoms with E-state index in [9.17, 15) is 4.79 Å². The molecule has 1 N–H and O–H groups in total.